The van der Waals surface area contributed by atoms with Crippen molar-refractivity contribution in [1.82, 2.24) is 5.43 Å². The van der Waals surface area contributed by atoms with E-state index in [-0.39, 0.29) is 5.91 Å². The summed E-state index contributed by atoms with van der Waals surface area (Å²) in [6.45, 7) is 0. The highest BCUT2D eigenvalue weighted by atomic mass is 16.2. The Morgan fingerprint density at radius 1 is 1.56 bits per heavy atom. The average molecular weight is 218 g/mol. The van der Waals surface area contributed by atoms with E-state index in [2.05, 4.69) is 15.8 Å². The Bertz CT molecular complexity index is 482. The van der Waals surface area contributed by atoms with E-state index in [1.54, 1.807) is 12.1 Å². The van der Waals surface area contributed by atoms with E-state index in [4.69, 9.17) is 5.73 Å². The molecule has 0 fully saturated rings. The number of anilines is 1. The van der Waals surface area contributed by atoms with Crippen molar-refractivity contribution in [1.29, 1.82) is 0 Å². The van der Waals surface area contributed by atoms with Crippen LogP contribution in [0.15, 0.2) is 23.3 Å². The zero-order valence-corrected chi connectivity index (χ0v) is 8.36. The van der Waals surface area contributed by atoms with Crippen molar-refractivity contribution in [3.8, 4) is 0 Å². The van der Waals surface area contributed by atoms with Crippen molar-refractivity contribution in [2.45, 2.75) is 6.42 Å². The second kappa shape index (κ2) is 4.01. The maximum Gasteiger partial charge on any atom is 0.332 e. The summed E-state index contributed by atoms with van der Waals surface area (Å²) in [7, 11) is 0. The molecule has 16 heavy (non-hydrogen) atoms. The van der Waals surface area contributed by atoms with Gasteiger partial charge in [-0.25, -0.2) is 10.2 Å². The number of primary amides is 1. The number of urea groups is 1. The molecule has 3 amide bonds. The molecule has 0 aromatic heterocycles. The van der Waals surface area contributed by atoms with Crippen molar-refractivity contribution >= 4 is 23.8 Å². The Balaban J connectivity index is 2.13. The van der Waals surface area contributed by atoms with Crippen LogP contribution in [0.4, 0.5) is 10.5 Å². The molecular weight excluding hydrogens is 208 g/mol. The third-order valence-corrected chi connectivity index (χ3v) is 2.14. The number of rotatable bonds is 2. The summed E-state index contributed by atoms with van der Waals surface area (Å²) >= 11 is 0. The molecule has 6 nitrogen and oxygen atoms in total. The van der Waals surface area contributed by atoms with Crippen LogP contribution in [0.5, 0.6) is 0 Å². The van der Waals surface area contributed by atoms with Crippen LogP contribution >= 0.6 is 0 Å². The Kier molecular flexibility index (Phi) is 2.55. The van der Waals surface area contributed by atoms with E-state index in [0.717, 1.165) is 16.8 Å². The molecule has 1 aliphatic rings. The van der Waals surface area contributed by atoms with Crippen molar-refractivity contribution in [3.05, 3.63) is 29.3 Å². The molecular formula is C10H10N4O2. The predicted molar refractivity (Wildman–Crippen MR) is 59.1 cm³/mol. The lowest BCUT2D eigenvalue weighted by molar-refractivity contribution is -0.115. The van der Waals surface area contributed by atoms with E-state index in [1.165, 1.54) is 6.21 Å². The Morgan fingerprint density at radius 3 is 3.12 bits per heavy atom. The standard InChI is InChI=1S/C10H10N4O2/c11-10(16)14-12-5-6-1-2-8-7(3-6)4-9(15)13-8/h1-3,5H,4H2,(H,13,15)(H3,11,14,16). The number of nitrogens with zero attached hydrogens (tertiary/aromatic N) is 1. The molecule has 0 aliphatic carbocycles. The molecule has 2 rings (SSSR count). The molecule has 0 saturated carbocycles. The first-order valence-electron chi connectivity index (χ1n) is 4.66. The fourth-order valence-electron chi connectivity index (χ4n) is 1.50. The maximum absolute atomic E-state index is 11.1. The molecule has 1 aromatic carbocycles. The van der Waals surface area contributed by atoms with Crippen LogP contribution in [-0.4, -0.2) is 18.2 Å². The fraction of sp³-hybridized carbons (Fsp3) is 0.100. The Labute approximate surface area is 91.5 Å². The molecule has 1 aromatic rings. The number of carbonyl (C=O) groups excluding carboxylic acids is 2. The SMILES string of the molecule is NC(=O)NN=Cc1ccc2c(c1)CC(=O)N2. The van der Waals surface area contributed by atoms with E-state index in [1.807, 2.05) is 6.07 Å². The molecule has 0 spiro atoms. The highest BCUT2D eigenvalue weighted by Crippen LogP contribution is 2.23. The van der Waals surface area contributed by atoms with Crippen LogP contribution in [0.1, 0.15) is 11.1 Å². The smallest absolute Gasteiger partial charge is 0.332 e. The molecule has 1 aliphatic heterocycles. The van der Waals surface area contributed by atoms with Crippen molar-refractivity contribution < 1.29 is 9.59 Å². The average Bonchev–Trinajstić information content (AvgIpc) is 2.56. The van der Waals surface area contributed by atoms with Crippen molar-refractivity contribution in [3.63, 3.8) is 0 Å². The molecule has 0 unspecified atom stereocenters. The van der Waals surface area contributed by atoms with Gasteiger partial charge in [-0.2, -0.15) is 5.10 Å². The highest BCUT2D eigenvalue weighted by Gasteiger charge is 2.16. The zero-order chi connectivity index (χ0) is 11.5. The van der Waals surface area contributed by atoms with Gasteiger partial charge in [0.2, 0.25) is 5.91 Å². The quantitative estimate of drug-likeness (QED) is 0.487. The molecule has 4 N–H and O–H groups in total. The second-order valence-corrected chi connectivity index (χ2v) is 3.38. The molecule has 1 heterocycles. The second-order valence-electron chi connectivity index (χ2n) is 3.38. The van der Waals surface area contributed by atoms with E-state index in [9.17, 15) is 9.59 Å². The van der Waals surface area contributed by atoms with Gasteiger partial charge >= 0.3 is 6.03 Å². The normalized spacial score (nSPS) is 13.6. The van der Waals surface area contributed by atoms with Gasteiger partial charge in [0.25, 0.3) is 0 Å². The largest absolute Gasteiger partial charge is 0.350 e. The van der Waals surface area contributed by atoms with Crippen LogP contribution in [0, 0.1) is 0 Å². The number of hydrazone groups is 1. The van der Waals surface area contributed by atoms with Gasteiger partial charge in [0.1, 0.15) is 0 Å². The van der Waals surface area contributed by atoms with E-state index >= 15 is 0 Å². The lowest BCUT2D eigenvalue weighted by atomic mass is 10.1. The number of benzene rings is 1. The van der Waals surface area contributed by atoms with Crippen molar-refractivity contribution in [2.24, 2.45) is 10.8 Å². The number of fused-ring (bicyclic) bond motifs is 1. The first-order chi connectivity index (χ1) is 7.65. The zero-order valence-electron chi connectivity index (χ0n) is 8.36. The fourth-order valence-corrected chi connectivity index (χ4v) is 1.50. The van der Waals surface area contributed by atoms with Crippen LogP contribution in [-0.2, 0) is 11.2 Å². The summed E-state index contributed by atoms with van der Waals surface area (Å²) < 4.78 is 0. The lowest BCUT2D eigenvalue weighted by Gasteiger charge is -1.99. The molecule has 0 atom stereocenters. The third kappa shape index (κ3) is 2.17. The first-order valence-corrected chi connectivity index (χ1v) is 4.66. The summed E-state index contributed by atoms with van der Waals surface area (Å²) in [5.41, 5.74) is 9.49. The lowest BCUT2D eigenvalue weighted by Crippen LogP contribution is -2.24. The number of nitrogens with two attached hydrogens (primary N) is 1. The highest BCUT2D eigenvalue weighted by molar-refractivity contribution is 6.00. The third-order valence-electron chi connectivity index (χ3n) is 2.14. The van der Waals surface area contributed by atoms with Gasteiger partial charge in [-0.1, -0.05) is 6.07 Å². The summed E-state index contributed by atoms with van der Waals surface area (Å²) in [5.74, 6) is -0.0145. The molecule has 0 saturated heterocycles. The number of hydrogen-bond acceptors (Lipinski definition) is 3. The predicted octanol–water partition coefficient (Wildman–Crippen LogP) is 0.183. The van der Waals surface area contributed by atoms with Crippen LogP contribution < -0.4 is 16.5 Å². The van der Waals surface area contributed by atoms with Gasteiger partial charge in [-0.15, -0.1) is 0 Å². The van der Waals surface area contributed by atoms with Gasteiger partial charge < -0.3 is 11.1 Å². The monoisotopic (exact) mass is 218 g/mol. The summed E-state index contributed by atoms with van der Waals surface area (Å²) in [4.78, 5) is 21.5. The minimum atomic E-state index is -0.714. The maximum atomic E-state index is 11.1. The Morgan fingerprint density at radius 2 is 2.38 bits per heavy atom. The number of hydrogen-bond donors (Lipinski definition) is 3. The number of nitrogens with one attached hydrogen (secondary N) is 2. The Hall–Kier alpha value is -2.37. The van der Waals surface area contributed by atoms with Gasteiger partial charge in [-0.05, 0) is 23.3 Å². The summed E-state index contributed by atoms with van der Waals surface area (Å²) in [5, 5.41) is 6.36. The first kappa shape index (κ1) is 10.2. The van der Waals surface area contributed by atoms with E-state index in [0.29, 0.717) is 6.42 Å². The van der Waals surface area contributed by atoms with Gasteiger partial charge in [0.15, 0.2) is 0 Å². The molecule has 0 radical (unpaired) electrons. The molecule has 0 bridgehead atoms. The molecule has 6 heteroatoms. The topological polar surface area (TPSA) is 96.6 Å². The minimum Gasteiger partial charge on any atom is -0.350 e. The molecule has 82 valence electrons. The van der Waals surface area contributed by atoms with Crippen molar-refractivity contribution in [2.75, 3.05) is 5.32 Å². The van der Waals surface area contributed by atoms with Crippen LogP contribution in [0.25, 0.3) is 0 Å². The number of carbonyl (C=O) groups is 2. The van der Waals surface area contributed by atoms with Crippen LogP contribution in [0.2, 0.25) is 0 Å². The van der Waals surface area contributed by atoms with Gasteiger partial charge in [0.05, 0.1) is 12.6 Å². The minimum absolute atomic E-state index is 0.0145. The van der Waals surface area contributed by atoms with Gasteiger partial charge in [0, 0.05) is 5.69 Å². The number of amides is 3. The summed E-state index contributed by atoms with van der Waals surface area (Å²) in [6.07, 6.45) is 1.84. The van der Waals surface area contributed by atoms with Crippen LogP contribution in [0.3, 0.4) is 0 Å². The van der Waals surface area contributed by atoms with E-state index < -0.39 is 6.03 Å². The van der Waals surface area contributed by atoms with Gasteiger partial charge in [-0.3, -0.25) is 4.79 Å². The summed E-state index contributed by atoms with van der Waals surface area (Å²) in [6, 6.07) is 4.70.